The Hall–Kier alpha value is -2.49. The molecule has 2 aromatic rings. The van der Waals surface area contributed by atoms with Crippen molar-refractivity contribution in [3.8, 4) is 22.6 Å². The van der Waals surface area contributed by atoms with Crippen molar-refractivity contribution in [3.63, 3.8) is 0 Å². The Morgan fingerprint density at radius 1 is 1.07 bits per heavy atom. The van der Waals surface area contributed by atoms with E-state index in [-0.39, 0.29) is 5.91 Å². The van der Waals surface area contributed by atoms with Gasteiger partial charge >= 0.3 is 0 Å². The number of hydrogen-bond donors (Lipinski definition) is 0. The van der Waals surface area contributed by atoms with Crippen LogP contribution in [-0.2, 0) is 17.6 Å². The lowest BCUT2D eigenvalue weighted by atomic mass is 9.90. The van der Waals surface area contributed by atoms with Crippen LogP contribution in [0.15, 0.2) is 24.3 Å². The SMILES string of the molecule is CCN1C(=O)Cc2c1ccc(C)c2-c1c(OC)cc(CCC(C)C)cc1OC. The number of amides is 1. The average molecular weight is 382 g/mol. The summed E-state index contributed by atoms with van der Waals surface area (Å²) in [7, 11) is 3.40. The van der Waals surface area contributed by atoms with Gasteiger partial charge in [0.05, 0.1) is 26.2 Å². The number of rotatable bonds is 7. The molecule has 3 rings (SSSR count). The third-order valence-electron chi connectivity index (χ3n) is 5.56. The Morgan fingerprint density at radius 2 is 1.71 bits per heavy atom. The van der Waals surface area contributed by atoms with E-state index in [1.54, 1.807) is 14.2 Å². The van der Waals surface area contributed by atoms with Crippen LogP contribution < -0.4 is 14.4 Å². The molecule has 0 aromatic heterocycles. The normalized spacial score (nSPS) is 13.2. The van der Waals surface area contributed by atoms with E-state index in [4.69, 9.17) is 9.47 Å². The van der Waals surface area contributed by atoms with Gasteiger partial charge in [0.25, 0.3) is 0 Å². The second kappa shape index (κ2) is 8.26. The number of methoxy groups -OCH3 is 2. The highest BCUT2D eigenvalue weighted by Crippen LogP contribution is 2.47. The number of benzene rings is 2. The predicted octanol–water partition coefficient (Wildman–Crippen LogP) is 5.18. The molecule has 0 aliphatic carbocycles. The molecule has 150 valence electrons. The Balaban J connectivity index is 2.19. The molecule has 0 radical (unpaired) electrons. The summed E-state index contributed by atoms with van der Waals surface area (Å²) >= 11 is 0. The fourth-order valence-corrected chi connectivity index (χ4v) is 4.07. The van der Waals surface area contributed by atoms with Gasteiger partial charge in [0.1, 0.15) is 11.5 Å². The minimum atomic E-state index is 0.149. The number of hydrogen-bond acceptors (Lipinski definition) is 3. The Morgan fingerprint density at radius 3 is 2.25 bits per heavy atom. The van der Waals surface area contributed by atoms with Crippen LogP contribution >= 0.6 is 0 Å². The highest BCUT2D eigenvalue weighted by Gasteiger charge is 2.31. The topological polar surface area (TPSA) is 38.8 Å². The first kappa shape index (κ1) is 20.2. The number of carbonyl (C=O) groups excluding carboxylic acids is 1. The Bertz CT molecular complexity index is 861. The zero-order chi connectivity index (χ0) is 20.4. The van der Waals surface area contributed by atoms with Crippen LogP contribution in [0.4, 0.5) is 5.69 Å². The Kier molecular flexibility index (Phi) is 5.97. The second-order valence-electron chi connectivity index (χ2n) is 7.88. The lowest BCUT2D eigenvalue weighted by molar-refractivity contribution is -0.117. The molecule has 0 saturated heterocycles. The summed E-state index contributed by atoms with van der Waals surface area (Å²) in [4.78, 5) is 14.4. The molecule has 28 heavy (non-hydrogen) atoms. The van der Waals surface area contributed by atoms with E-state index in [9.17, 15) is 4.79 Å². The number of ether oxygens (including phenoxy) is 2. The number of aryl methyl sites for hydroxylation is 2. The quantitative estimate of drug-likeness (QED) is 0.663. The van der Waals surface area contributed by atoms with Crippen molar-refractivity contribution in [2.24, 2.45) is 5.92 Å². The van der Waals surface area contributed by atoms with Crippen LogP contribution in [0.3, 0.4) is 0 Å². The molecule has 0 saturated carbocycles. The maximum Gasteiger partial charge on any atom is 0.231 e. The van der Waals surface area contributed by atoms with Crippen molar-refractivity contribution in [2.45, 2.75) is 47.0 Å². The molecule has 1 aliphatic heterocycles. The third-order valence-corrected chi connectivity index (χ3v) is 5.56. The molecule has 1 heterocycles. The zero-order valence-corrected chi connectivity index (χ0v) is 17.9. The maximum absolute atomic E-state index is 12.5. The van der Waals surface area contributed by atoms with Gasteiger partial charge in [0, 0.05) is 12.2 Å². The highest BCUT2D eigenvalue weighted by molar-refractivity contribution is 6.05. The lowest BCUT2D eigenvalue weighted by Gasteiger charge is -2.21. The fraction of sp³-hybridized carbons (Fsp3) is 0.458. The predicted molar refractivity (Wildman–Crippen MR) is 115 cm³/mol. The molecular formula is C24H31NO3. The molecule has 4 nitrogen and oxygen atoms in total. The maximum atomic E-state index is 12.5. The number of anilines is 1. The molecule has 0 N–H and O–H groups in total. The molecule has 0 unspecified atom stereocenters. The first-order valence-electron chi connectivity index (χ1n) is 10.1. The molecule has 1 amide bonds. The van der Waals surface area contributed by atoms with Crippen molar-refractivity contribution >= 4 is 11.6 Å². The van der Waals surface area contributed by atoms with E-state index in [0.29, 0.717) is 18.9 Å². The van der Waals surface area contributed by atoms with E-state index in [2.05, 4.69) is 45.0 Å². The van der Waals surface area contributed by atoms with Gasteiger partial charge in [-0.05, 0) is 73.1 Å². The largest absolute Gasteiger partial charge is 0.496 e. The summed E-state index contributed by atoms with van der Waals surface area (Å²) in [6.07, 6.45) is 2.52. The van der Waals surface area contributed by atoms with Gasteiger partial charge in [-0.2, -0.15) is 0 Å². The summed E-state index contributed by atoms with van der Waals surface area (Å²) in [5.74, 6) is 2.40. The van der Waals surface area contributed by atoms with Crippen LogP contribution in [0.5, 0.6) is 11.5 Å². The van der Waals surface area contributed by atoms with E-state index >= 15 is 0 Å². The van der Waals surface area contributed by atoms with Gasteiger partial charge in [-0.3, -0.25) is 4.79 Å². The zero-order valence-electron chi connectivity index (χ0n) is 17.9. The lowest BCUT2D eigenvalue weighted by Crippen LogP contribution is -2.25. The molecular weight excluding hydrogens is 350 g/mol. The van der Waals surface area contributed by atoms with Crippen molar-refractivity contribution in [3.05, 3.63) is 41.0 Å². The highest BCUT2D eigenvalue weighted by atomic mass is 16.5. The third kappa shape index (κ3) is 3.60. The van der Waals surface area contributed by atoms with E-state index in [1.165, 1.54) is 5.56 Å². The number of likely N-dealkylation sites (N-methyl/N-ethyl adjacent to an activating group) is 1. The van der Waals surface area contributed by atoms with Crippen molar-refractivity contribution in [1.29, 1.82) is 0 Å². The number of fused-ring (bicyclic) bond motifs is 1. The number of carbonyl (C=O) groups is 1. The molecule has 0 spiro atoms. The summed E-state index contributed by atoms with van der Waals surface area (Å²) in [6, 6.07) is 8.38. The summed E-state index contributed by atoms with van der Waals surface area (Å²) in [5, 5.41) is 0. The van der Waals surface area contributed by atoms with E-state index in [0.717, 1.165) is 52.3 Å². The van der Waals surface area contributed by atoms with E-state index < -0.39 is 0 Å². The minimum Gasteiger partial charge on any atom is -0.496 e. The van der Waals surface area contributed by atoms with Crippen molar-refractivity contribution < 1.29 is 14.3 Å². The van der Waals surface area contributed by atoms with Crippen molar-refractivity contribution in [1.82, 2.24) is 0 Å². The summed E-state index contributed by atoms with van der Waals surface area (Å²) < 4.78 is 11.6. The molecule has 0 bridgehead atoms. The summed E-state index contributed by atoms with van der Waals surface area (Å²) in [6.45, 7) is 9.24. The van der Waals surface area contributed by atoms with Gasteiger partial charge in [-0.25, -0.2) is 0 Å². The van der Waals surface area contributed by atoms with Crippen LogP contribution in [0, 0.1) is 12.8 Å². The molecule has 2 aromatic carbocycles. The minimum absolute atomic E-state index is 0.149. The van der Waals surface area contributed by atoms with Crippen LogP contribution in [0.2, 0.25) is 0 Å². The number of nitrogens with zero attached hydrogens (tertiary/aromatic N) is 1. The first-order chi connectivity index (χ1) is 13.4. The smallest absolute Gasteiger partial charge is 0.231 e. The van der Waals surface area contributed by atoms with Gasteiger partial charge in [0.2, 0.25) is 5.91 Å². The fourth-order valence-electron chi connectivity index (χ4n) is 4.07. The Labute approximate surface area is 168 Å². The van der Waals surface area contributed by atoms with Gasteiger partial charge < -0.3 is 14.4 Å². The molecule has 1 aliphatic rings. The monoisotopic (exact) mass is 381 g/mol. The standard InChI is InChI=1S/C24H31NO3/c1-7-25-19-11-9-16(4)23(18(19)14-22(25)26)24-20(27-5)12-17(10-8-15(2)3)13-21(24)28-6/h9,11-13,15H,7-8,10,14H2,1-6H3. The van der Waals surface area contributed by atoms with Crippen LogP contribution in [-0.4, -0.2) is 26.7 Å². The van der Waals surface area contributed by atoms with E-state index in [1.807, 2.05) is 11.8 Å². The van der Waals surface area contributed by atoms with Gasteiger partial charge in [-0.1, -0.05) is 19.9 Å². The summed E-state index contributed by atoms with van der Waals surface area (Å²) in [5.41, 5.74) is 6.41. The molecule has 0 fully saturated rings. The average Bonchev–Trinajstić information content (AvgIpc) is 3.00. The van der Waals surface area contributed by atoms with Crippen LogP contribution in [0.1, 0.15) is 43.9 Å². The van der Waals surface area contributed by atoms with Gasteiger partial charge in [0.15, 0.2) is 0 Å². The molecule has 0 atom stereocenters. The molecule has 4 heteroatoms. The second-order valence-corrected chi connectivity index (χ2v) is 7.88. The van der Waals surface area contributed by atoms with Crippen LogP contribution in [0.25, 0.3) is 11.1 Å². The van der Waals surface area contributed by atoms with Crippen molar-refractivity contribution in [2.75, 3.05) is 25.7 Å². The first-order valence-corrected chi connectivity index (χ1v) is 10.1. The van der Waals surface area contributed by atoms with Gasteiger partial charge in [-0.15, -0.1) is 0 Å².